The number of hydrogen-bond donors (Lipinski definition) is 1. The molecular formula is C36H26N6O2. The molecule has 0 saturated heterocycles. The van der Waals surface area contributed by atoms with Crippen molar-refractivity contribution in [2.75, 3.05) is 5.32 Å². The van der Waals surface area contributed by atoms with E-state index in [-0.39, 0.29) is 0 Å². The van der Waals surface area contributed by atoms with E-state index in [4.69, 9.17) is 0 Å². The van der Waals surface area contributed by atoms with Crippen molar-refractivity contribution in [3.8, 4) is 33.6 Å². The second-order valence-corrected chi connectivity index (χ2v) is 10.6. The maximum Gasteiger partial charge on any atom is 0.168 e. The Hall–Kier alpha value is -6.02. The van der Waals surface area contributed by atoms with Crippen molar-refractivity contribution in [1.29, 1.82) is 0 Å². The molecular weight excluding hydrogens is 548 g/mol. The number of carbonyl (C=O) groups excluding carboxylic acids is 2. The smallest absolute Gasteiger partial charge is 0.168 e. The Morgan fingerprint density at radius 3 is 2.25 bits per heavy atom. The van der Waals surface area contributed by atoms with Gasteiger partial charge in [0.25, 0.3) is 0 Å². The summed E-state index contributed by atoms with van der Waals surface area (Å²) in [5.41, 5.74) is 11.0. The lowest BCUT2D eigenvalue weighted by Crippen LogP contribution is -2.00. The van der Waals surface area contributed by atoms with Crippen LogP contribution in [0.1, 0.15) is 31.8 Å². The summed E-state index contributed by atoms with van der Waals surface area (Å²) in [6.45, 7) is 4.23. The van der Waals surface area contributed by atoms with E-state index in [1.165, 1.54) is 0 Å². The molecule has 8 nitrogen and oxygen atoms in total. The van der Waals surface area contributed by atoms with Gasteiger partial charge in [-0.25, -0.2) is 4.98 Å². The third-order valence-electron chi connectivity index (χ3n) is 7.99. The van der Waals surface area contributed by atoms with Gasteiger partial charge in [-0.3, -0.25) is 19.0 Å². The first-order chi connectivity index (χ1) is 21.5. The van der Waals surface area contributed by atoms with Gasteiger partial charge in [0.1, 0.15) is 11.8 Å². The first kappa shape index (κ1) is 26.9. The van der Waals surface area contributed by atoms with Crippen LogP contribution in [-0.2, 0) is 0 Å². The maximum atomic E-state index is 11.2. The molecule has 44 heavy (non-hydrogen) atoms. The number of fused-ring (bicyclic) bond motifs is 2. The minimum absolute atomic E-state index is 0.525. The number of aromatic nitrogens is 5. The first-order valence-corrected chi connectivity index (χ1v) is 14.1. The molecule has 0 radical (unpaired) electrons. The number of benzene rings is 3. The number of carbonyl (C=O) groups is 2. The van der Waals surface area contributed by atoms with Gasteiger partial charge in [0.15, 0.2) is 23.6 Å². The van der Waals surface area contributed by atoms with Crippen LogP contribution in [0.25, 0.3) is 50.2 Å². The fourth-order valence-corrected chi connectivity index (χ4v) is 5.63. The lowest BCUT2D eigenvalue weighted by molar-refractivity contribution is 0.111. The van der Waals surface area contributed by atoms with Crippen LogP contribution in [0.4, 0.5) is 11.5 Å². The van der Waals surface area contributed by atoms with Crippen LogP contribution in [0, 0.1) is 13.8 Å². The lowest BCUT2D eigenvalue weighted by Gasteiger charge is -2.17. The summed E-state index contributed by atoms with van der Waals surface area (Å²) in [6, 6.07) is 27.6. The summed E-state index contributed by atoms with van der Waals surface area (Å²) in [7, 11) is 0. The molecule has 7 rings (SSSR count). The van der Waals surface area contributed by atoms with Gasteiger partial charge in [-0.1, -0.05) is 54.6 Å². The van der Waals surface area contributed by atoms with Gasteiger partial charge in [0, 0.05) is 46.4 Å². The van der Waals surface area contributed by atoms with Crippen LogP contribution in [-0.4, -0.2) is 37.1 Å². The summed E-state index contributed by atoms with van der Waals surface area (Å²) < 4.78 is 1.95. The highest BCUT2D eigenvalue weighted by Gasteiger charge is 2.15. The quantitative estimate of drug-likeness (QED) is 0.195. The second-order valence-electron chi connectivity index (χ2n) is 10.6. The minimum atomic E-state index is 0.525. The summed E-state index contributed by atoms with van der Waals surface area (Å²) in [4.78, 5) is 31.3. The monoisotopic (exact) mass is 574 g/mol. The molecule has 0 saturated carbocycles. The van der Waals surface area contributed by atoms with Crippen LogP contribution in [0.5, 0.6) is 0 Å². The van der Waals surface area contributed by atoms with E-state index in [9.17, 15) is 9.59 Å². The highest BCUT2D eigenvalue weighted by molar-refractivity contribution is 5.93. The summed E-state index contributed by atoms with van der Waals surface area (Å²) in [5.74, 6) is 1.35. The SMILES string of the molecule is Cc1c(Nc2nccc3cc(C=O)cnc23)cccc1-c1cccc(-c2ccn3c(-c4ccc(C=O)cc4)nnc3c2)c1C. The van der Waals surface area contributed by atoms with Crippen molar-refractivity contribution >= 4 is 40.6 Å². The standard InChI is InChI=1S/C36H26N6O2/c1-22-29(27-14-16-42-33(18-27)40-41-36(42)26-11-9-24(20-43)10-12-26)5-3-6-30(22)31-7-4-8-32(23(31)2)39-35-34-28(13-15-37-35)17-25(21-44)19-38-34/h3-21H,1-2H3,(H,37,39). The number of nitrogens with zero attached hydrogens (tertiary/aromatic N) is 5. The van der Waals surface area contributed by atoms with Gasteiger partial charge >= 0.3 is 0 Å². The van der Waals surface area contributed by atoms with Crippen LogP contribution >= 0.6 is 0 Å². The van der Waals surface area contributed by atoms with Crippen LogP contribution in [0.2, 0.25) is 0 Å². The molecule has 0 unspecified atom stereocenters. The fourth-order valence-electron chi connectivity index (χ4n) is 5.63. The van der Waals surface area contributed by atoms with Gasteiger partial charge in [-0.2, -0.15) is 0 Å². The van der Waals surface area contributed by atoms with Crippen molar-refractivity contribution in [1.82, 2.24) is 24.6 Å². The van der Waals surface area contributed by atoms with Crippen LogP contribution < -0.4 is 5.32 Å². The molecule has 7 aromatic rings. The van der Waals surface area contributed by atoms with Crippen molar-refractivity contribution in [2.24, 2.45) is 0 Å². The highest BCUT2D eigenvalue weighted by atomic mass is 16.1. The molecule has 0 spiro atoms. The Kier molecular flexibility index (Phi) is 6.71. The molecule has 4 heterocycles. The van der Waals surface area contributed by atoms with Crippen molar-refractivity contribution < 1.29 is 9.59 Å². The molecule has 3 aromatic carbocycles. The number of pyridine rings is 3. The number of anilines is 2. The zero-order chi connectivity index (χ0) is 30.2. The molecule has 0 fully saturated rings. The van der Waals surface area contributed by atoms with Crippen molar-refractivity contribution in [3.05, 3.63) is 126 Å². The van der Waals surface area contributed by atoms with Gasteiger partial charge in [0.05, 0.1) is 0 Å². The predicted octanol–water partition coefficient (Wildman–Crippen LogP) is 7.66. The summed E-state index contributed by atoms with van der Waals surface area (Å²) in [5, 5.41) is 13.2. The molecule has 0 aliphatic carbocycles. The van der Waals surface area contributed by atoms with Crippen LogP contribution in [0.15, 0.2) is 104 Å². The second kappa shape index (κ2) is 11.0. The first-order valence-electron chi connectivity index (χ1n) is 14.1. The van der Waals surface area contributed by atoms with Gasteiger partial charge in [-0.05, 0) is 77.6 Å². The van der Waals surface area contributed by atoms with E-state index >= 15 is 0 Å². The molecule has 0 amide bonds. The van der Waals surface area contributed by atoms with E-state index in [0.29, 0.717) is 22.5 Å². The zero-order valence-electron chi connectivity index (χ0n) is 24.0. The Bertz CT molecular complexity index is 2220. The number of nitrogens with one attached hydrogen (secondary N) is 1. The van der Waals surface area contributed by atoms with E-state index in [0.717, 1.165) is 74.1 Å². The highest BCUT2D eigenvalue weighted by Crippen LogP contribution is 2.37. The molecule has 0 aliphatic heterocycles. The van der Waals surface area contributed by atoms with Crippen molar-refractivity contribution in [3.63, 3.8) is 0 Å². The van der Waals surface area contributed by atoms with Crippen LogP contribution in [0.3, 0.4) is 0 Å². The fraction of sp³-hybridized carbons (Fsp3) is 0.0556. The topological polar surface area (TPSA) is 102 Å². The average molecular weight is 575 g/mol. The molecule has 0 atom stereocenters. The predicted molar refractivity (Wildman–Crippen MR) is 172 cm³/mol. The minimum Gasteiger partial charge on any atom is -0.338 e. The Morgan fingerprint density at radius 1 is 0.705 bits per heavy atom. The van der Waals surface area contributed by atoms with Gasteiger partial charge in [-0.15, -0.1) is 10.2 Å². The number of aldehydes is 2. The molecule has 0 aliphatic rings. The number of rotatable bonds is 7. The van der Waals surface area contributed by atoms with Gasteiger partial charge in [0.2, 0.25) is 0 Å². The molecule has 1 N–H and O–H groups in total. The third kappa shape index (κ3) is 4.68. The molecule has 0 bridgehead atoms. The van der Waals surface area contributed by atoms with Crippen molar-refractivity contribution in [2.45, 2.75) is 13.8 Å². The molecule has 212 valence electrons. The Labute approximate surface area is 253 Å². The molecule has 8 heteroatoms. The Balaban J connectivity index is 1.23. The van der Waals surface area contributed by atoms with E-state index < -0.39 is 0 Å². The normalized spacial score (nSPS) is 11.1. The summed E-state index contributed by atoms with van der Waals surface area (Å²) in [6.07, 6.45) is 6.88. The lowest BCUT2D eigenvalue weighted by atomic mass is 9.90. The largest absolute Gasteiger partial charge is 0.338 e. The average Bonchev–Trinajstić information content (AvgIpc) is 3.49. The van der Waals surface area contributed by atoms with E-state index in [2.05, 4.69) is 69.7 Å². The van der Waals surface area contributed by atoms with E-state index in [1.807, 2.05) is 53.1 Å². The van der Waals surface area contributed by atoms with E-state index in [1.54, 1.807) is 24.5 Å². The summed E-state index contributed by atoms with van der Waals surface area (Å²) >= 11 is 0. The zero-order valence-corrected chi connectivity index (χ0v) is 24.0. The maximum absolute atomic E-state index is 11.2. The van der Waals surface area contributed by atoms with Gasteiger partial charge < -0.3 is 5.32 Å². The third-order valence-corrected chi connectivity index (χ3v) is 7.99. The number of hydrogen-bond acceptors (Lipinski definition) is 7. The molecule has 4 aromatic heterocycles. The Morgan fingerprint density at radius 2 is 1.45 bits per heavy atom.